The first-order valence-electron chi connectivity index (χ1n) is 5.67. The van der Waals surface area contributed by atoms with Crippen molar-refractivity contribution >= 4 is 23.2 Å². The molecule has 0 fully saturated rings. The smallest absolute Gasteiger partial charge is 0.274 e. The Labute approximate surface area is 116 Å². The maximum Gasteiger partial charge on any atom is 0.274 e. The lowest BCUT2D eigenvalue weighted by Gasteiger charge is -2.07. The van der Waals surface area contributed by atoms with Gasteiger partial charge < -0.3 is 5.73 Å². The highest BCUT2D eigenvalue weighted by molar-refractivity contribution is 6.31. The summed E-state index contributed by atoms with van der Waals surface area (Å²) in [6, 6.07) is 14.2. The SMILES string of the molecule is Nc1cc(Cl)cc(C(=O)NOCc2ccccc2)c1. The molecule has 0 aliphatic rings. The quantitative estimate of drug-likeness (QED) is 0.667. The first-order valence-corrected chi connectivity index (χ1v) is 6.05. The fraction of sp³-hybridized carbons (Fsp3) is 0.0714. The van der Waals surface area contributed by atoms with Crippen molar-refractivity contribution in [1.82, 2.24) is 5.48 Å². The van der Waals surface area contributed by atoms with Crippen LogP contribution in [0.25, 0.3) is 0 Å². The summed E-state index contributed by atoms with van der Waals surface area (Å²) in [5.41, 5.74) is 9.72. The lowest BCUT2D eigenvalue weighted by Crippen LogP contribution is -2.23. The summed E-state index contributed by atoms with van der Waals surface area (Å²) in [5.74, 6) is -0.384. The number of anilines is 1. The molecular weight excluding hydrogens is 264 g/mol. The van der Waals surface area contributed by atoms with Crippen LogP contribution in [0.15, 0.2) is 48.5 Å². The average molecular weight is 277 g/mol. The van der Waals surface area contributed by atoms with Crippen LogP contribution in [0.4, 0.5) is 5.69 Å². The second-order valence-corrected chi connectivity index (χ2v) is 4.42. The van der Waals surface area contributed by atoms with Gasteiger partial charge in [-0.15, -0.1) is 0 Å². The predicted octanol–water partition coefficient (Wildman–Crippen LogP) is 2.78. The summed E-state index contributed by atoms with van der Waals surface area (Å²) in [6.07, 6.45) is 0. The molecule has 4 nitrogen and oxygen atoms in total. The molecule has 19 heavy (non-hydrogen) atoms. The fourth-order valence-corrected chi connectivity index (χ4v) is 1.81. The molecule has 1 amide bonds. The second kappa shape index (κ2) is 6.22. The van der Waals surface area contributed by atoms with Crippen LogP contribution in [-0.4, -0.2) is 5.91 Å². The van der Waals surface area contributed by atoms with Gasteiger partial charge in [-0.25, -0.2) is 5.48 Å². The Morgan fingerprint density at radius 3 is 2.63 bits per heavy atom. The van der Waals surface area contributed by atoms with E-state index in [2.05, 4.69) is 5.48 Å². The van der Waals surface area contributed by atoms with E-state index in [1.165, 1.54) is 12.1 Å². The van der Waals surface area contributed by atoms with Crippen molar-refractivity contribution in [1.29, 1.82) is 0 Å². The highest BCUT2D eigenvalue weighted by Crippen LogP contribution is 2.16. The van der Waals surface area contributed by atoms with Crippen molar-refractivity contribution in [2.24, 2.45) is 0 Å². The number of nitrogens with two attached hydrogens (primary N) is 1. The van der Waals surface area contributed by atoms with Crippen LogP contribution >= 0.6 is 11.6 Å². The minimum absolute atomic E-state index is 0.294. The normalized spacial score (nSPS) is 10.2. The van der Waals surface area contributed by atoms with Crippen molar-refractivity contribution in [3.05, 3.63) is 64.7 Å². The van der Waals surface area contributed by atoms with Crippen molar-refractivity contribution in [2.45, 2.75) is 6.61 Å². The van der Waals surface area contributed by atoms with Gasteiger partial charge in [-0.1, -0.05) is 41.9 Å². The summed E-state index contributed by atoms with van der Waals surface area (Å²) in [6.45, 7) is 0.294. The van der Waals surface area contributed by atoms with Gasteiger partial charge in [0.1, 0.15) is 0 Å². The summed E-state index contributed by atoms with van der Waals surface area (Å²) in [7, 11) is 0. The summed E-state index contributed by atoms with van der Waals surface area (Å²) in [5, 5.41) is 0.410. The zero-order valence-electron chi connectivity index (χ0n) is 10.1. The molecule has 0 aromatic heterocycles. The van der Waals surface area contributed by atoms with Gasteiger partial charge in [-0.2, -0.15) is 0 Å². The molecule has 98 valence electrons. The van der Waals surface area contributed by atoms with Crippen molar-refractivity contribution in [3.63, 3.8) is 0 Å². The second-order valence-electron chi connectivity index (χ2n) is 3.98. The van der Waals surface area contributed by atoms with E-state index in [9.17, 15) is 4.79 Å². The Bertz CT molecular complexity index is 553. The number of rotatable bonds is 4. The van der Waals surface area contributed by atoms with Crippen LogP contribution in [0.2, 0.25) is 5.02 Å². The third-order valence-electron chi connectivity index (χ3n) is 2.43. The number of nitrogen functional groups attached to an aromatic ring is 1. The number of halogens is 1. The van der Waals surface area contributed by atoms with E-state index in [1.807, 2.05) is 30.3 Å². The van der Waals surface area contributed by atoms with E-state index in [4.69, 9.17) is 22.2 Å². The molecule has 2 rings (SSSR count). The largest absolute Gasteiger partial charge is 0.399 e. The third kappa shape index (κ3) is 3.98. The molecule has 0 spiro atoms. The van der Waals surface area contributed by atoms with Crippen molar-refractivity contribution in [3.8, 4) is 0 Å². The van der Waals surface area contributed by atoms with Gasteiger partial charge in [0, 0.05) is 16.3 Å². The zero-order valence-corrected chi connectivity index (χ0v) is 10.9. The molecule has 0 bridgehead atoms. The Kier molecular flexibility index (Phi) is 4.39. The fourth-order valence-electron chi connectivity index (χ4n) is 1.56. The molecule has 0 radical (unpaired) electrons. The van der Waals surface area contributed by atoms with E-state index in [-0.39, 0.29) is 5.91 Å². The highest BCUT2D eigenvalue weighted by Gasteiger charge is 2.07. The average Bonchev–Trinajstić information content (AvgIpc) is 2.38. The maximum atomic E-state index is 11.8. The summed E-state index contributed by atoms with van der Waals surface area (Å²) in [4.78, 5) is 16.9. The third-order valence-corrected chi connectivity index (χ3v) is 2.65. The molecule has 2 aromatic carbocycles. The number of carbonyl (C=O) groups is 1. The Hall–Kier alpha value is -2.04. The lowest BCUT2D eigenvalue weighted by molar-refractivity contribution is 0.0233. The molecule has 5 heteroatoms. The number of hydrogen-bond acceptors (Lipinski definition) is 3. The molecule has 0 unspecified atom stereocenters. The summed E-state index contributed by atoms with van der Waals surface area (Å²) >= 11 is 5.82. The standard InChI is InChI=1S/C14H13ClN2O2/c15-12-6-11(7-13(16)8-12)14(18)17-19-9-10-4-2-1-3-5-10/h1-8H,9,16H2,(H,17,18). The molecule has 0 aliphatic carbocycles. The Morgan fingerprint density at radius 1 is 1.21 bits per heavy atom. The van der Waals surface area contributed by atoms with Crippen LogP contribution in [0.1, 0.15) is 15.9 Å². The van der Waals surface area contributed by atoms with Gasteiger partial charge in [0.05, 0.1) is 6.61 Å². The first kappa shape index (κ1) is 13.4. The van der Waals surface area contributed by atoms with Crippen molar-refractivity contribution in [2.75, 3.05) is 5.73 Å². The van der Waals surface area contributed by atoms with Crippen LogP contribution in [0.5, 0.6) is 0 Å². The molecule has 0 atom stereocenters. The molecule has 3 N–H and O–H groups in total. The van der Waals surface area contributed by atoms with Crippen LogP contribution < -0.4 is 11.2 Å². The Balaban J connectivity index is 1.91. The molecule has 0 aliphatic heterocycles. The monoisotopic (exact) mass is 276 g/mol. The Morgan fingerprint density at radius 2 is 1.95 bits per heavy atom. The highest BCUT2D eigenvalue weighted by atomic mass is 35.5. The summed E-state index contributed by atoms with van der Waals surface area (Å²) < 4.78 is 0. The zero-order chi connectivity index (χ0) is 13.7. The first-order chi connectivity index (χ1) is 9.15. The van der Waals surface area contributed by atoms with Gasteiger partial charge in [-0.3, -0.25) is 9.63 Å². The number of benzene rings is 2. The number of hydroxylamine groups is 1. The molecular formula is C14H13ClN2O2. The van der Waals surface area contributed by atoms with Crippen LogP contribution in [-0.2, 0) is 11.4 Å². The number of carbonyl (C=O) groups excluding carboxylic acids is 1. The molecule has 2 aromatic rings. The number of amides is 1. The minimum Gasteiger partial charge on any atom is -0.399 e. The minimum atomic E-state index is -0.384. The van der Waals surface area contributed by atoms with Crippen molar-refractivity contribution < 1.29 is 9.63 Å². The van der Waals surface area contributed by atoms with E-state index in [1.54, 1.807) is 6.07 Å². The van der Waals surface area contributed by atoms with Crippen LogP contribution in [0.3, 0.4) is 0 Å². The van der Waals surface area contributed by atoms with E-state index >= 15 is 0 Å². The topological polar surface area (TPSA) is 64.4 Å². The molecule has 0 saturated carbocycles. The van der Waals surface area contributed by atoms with E-state index in [0.717, 1.165) is 5.56 Å². The predicted molar refractivity (Wildman–Crippen MR) is 74.6 cm³/mol. The number of hydrogen-bond donors (Lipinski definition) is 2. The van der Waals surface area contributed by atoms with Crippen LogP contribution in [0, 0.1) is 0 Å². The van der Waals surface area contributed by atoms with Gasteiger partial charge >= 0.3 is 0 Å². The van der Waals surface area contributed by atoms with Gasteiger partial charge in [0.25, 0.3) is 5.91 Å². The molecule has 0 saturated heterocycles. The lowest BCUT2D eigenvalue weighted by atomic mass is 10.2. The van der Waals surface area contributed by atoms with Gasteiger partial charge in [0.2, 0.25) is 0 Å². The van der Waals surface area contributed by atoms with Gasteiger partial charge in [0.15, 0.2) is 0 Å². The maximum absolute atomic E-state index is 11.8. The van der Waals surface area contributed by atoms with E-state index < -0.39 is 0 Å². The molecule has 0 heterocycles. The van der Waals surface area contributed by atoms with E-state index in [0.29, 0.717) is 22.9 Å². The number of nitrogens with one attached hydrogen (secondary N) is 1. The van der Waals surface area contributed by atoms with Gasteiger partial charge in [-0.05, 0) is 23.8 Å².